The Balaban J connectivity index is 2.07. The highest BCUT2D eigenvalue weighted by Crippen LogP contribution is 2.04. The third kappa shape index (κ3) is 4.24. The van der Waals surface area contributed by atoms with Crippen LogP contribution < -0.4 is 10.6 Å². The summed E-state index contributed by atoms with van der Waals surface area (Å²) in [5, 5.41) is 6.21. The van der Waals surface area contributed by atoms with Crippen molar-refractivity contribution >= 4 is 5.91 Å². The van der Waals surface area contributed by atoms with Crippen LogP contribution in [-0.4, -0.2) is 51.1 Å². The summed E-state index contributed by atoms with van der Waals surface area (Å²) in [5.41, 5.74) is 0. The van der Waals surface area contributed by atoms with E-state index in [4.69, 9.17) is 0 Å². The minimum absolute atomic E-state index is 0.122. The molecule has 0 aromatic heterocycles. The van der Waals surface area contributed by atoms with Crippen LogP contribution in [0.1, 0.15) is 6.42 Å². The fourth-order valence-corrected chi connectivity index (χ4v) is 1.49. The Morgan fingerprint density at radius 3 is 2.92 bits per heavy atom. The molecule has 0 bridgehead atoms. The second-order valence-electron chi connectivity index (χ2n) is 3.90. The summed E-state index contributed by atoms with van der Waals surface area (Å²) in [6.45, 7) is 3.44. The Hall–Kier alpha value is -0.610. The maximum Gasteiger partial charge on any atom is 0.234 e. The lowest BCUT2D eigenvalue weighted by atomic mass is 10.1. The molecule has 1 heterocycles. The van der Waals surface area contributed by atoms with Crippen LogP contribution in [-0.2, 0) is 4.79 Å². The van der Waals surface area contributed by atoms with Gasteiger partial charge in [0.05, 0.1) is 6.54 Å². The van der Waals surface area contributed by atoms with Crippen molar-refractivity contribution < 1.29 is 4.79 Å². The topological polar surface area (TPSA) is 44.4 Å². The minimum Gasteiger partial charge on any atom is -0.355 e. The van der Waals surface area contributed by atoms with Crippen LogP contribution in [0, 0.1) is 5.92 Å². The van der Waals surface area contributed by atoms with Gasteiger partial charge >= 0.3 is 0 Å². The van der Waals surface area contributed by atoms with Crippen molar-refractivity contribution in [2.45, 2.75) is 6.42 Å². The molecule has 0 spiro atoms. The molecule has 1 aliphatic rings. The Bertz CT molecular complexity index is 164. The van der Waals surface area contributed by atoms with E-state index in [1.165, 1.54) is 6.42 Å². The van der Waals surface area contributed by atoms with Gasteiger partial charge in [0.1, 0.15) is 0 Å². The quantitative estimate of drug-likeness (QED) is 0.607. The lowest BCUT2D eigenvalue weighted by molar-refractivity contribution is -0.121. The lowest BCUT2D eigenvalue weighted by Crippen LogP contribution is -2.36. The average molecular weight is 185 g/mol. The van der Waals surface area contributed by atoms with Gasteiger partial charge < -0.3 is 15.5 Å². The zero-order valence-electron chi connectivity index (χ0n) is 8.47. The first-order chi connectivity index (χ1) is 6.18. The van der Waals surface area contributed by atoms with Crippen LogP contribution in [0.25, 0.3) is 0 Å². The molecule has 76 valence electrons. The number of nitrogens with zero attached hydrogens (tertiary/aromatic N) is 1. The first kappa shape index (κ1) is 10.5. The summed E-state index contributed by atoms with van der Waals surface area (Å²) in [7, 11) is 3.80. The highest BCUT2D eigenvalue weighted by Gasteiger charge is 2.14. The predicted molar refractivity (Wildman–Crippen MR) is 52.5 cm³/mol. The van der Waals surface area contributed by atoms with Crippen molar-refractivity contribution in [1.29, 1.82) is 0 Å². The number of hydrogen-bond acceptors (Lipinski definition) is 3. The highest BCUT2D eigenvalue weighted by molar-refractivity contribution is 5.77. The number of nitrogens with one attached hydrogen (secondary N) is 2. The zero-order chi connectivity index (χ0) is 9.68. The van der Waals surface area contributed by atoms with Gasteiger partial charge in [-0.05, 0) is 39.5 Å². The summed E-state index contributed by atoms with van der Waals surface area (Å²) in [5.74, 6) is 0.753. The molecule has 1 amide bonds. The minimum atomic E-state index is 0.122. The molecule has 13 heavy (non-hydrogen) atoms. The molecule has 0 saturated carbocycles. The van der Waals surface area contributed by atoms with Gasteiger partial charge in [-0.25, -0.2) is 0 Å². The van der Waals surface area contributed by atoms with Crippen molar-refractivity contribution in [2.24, 2.45) is 5.92 Å². The maximum atomic E-state index is 11.2. The fraction of sp³-hybridized carbons (Fsp3) is 0.889. The molecular weight excluding hydrogens is 166 g/mol. The van der Waals surface area contributed by atoms with Crippen molar-refractivity contribution in [3.05, 3.63) is 0 Å². The second kappa shape index (κ2) is 5.19. The molecule has 0 radical (unpaired) electrons. The van der Waals surface area contributed by atoms with Gasteiger partial charge in [0, 0.05) is 6.54 Å². The van der Waals surface area contributed by atoms with Crippen molar-refractivity contribution in [3.8, 4) is 0 Å². The number of likely N-dealkylation sites (N-methyl/N-ethyl adjacent to an activating group) is 1. The molecule has 1 fully saturated rings. The van der Waals surface area contributed by atoms with E-state index in [1.807, 2.05) is 19.0 Å². The Kier molecular flexibility index (Phi) is 4.18. The normalized spacial score (nSPS) is 22.2. The van der Waals surface area contributed by atoms with Crippen LogP contribution in [0.15, 0.2) is 0 Å². The summed E-state index contributed by atoms with van der Waals surface area (Å²) < 4.78 is 0. The number of amides is 1. The molecule has 4 heteroatoms. The summed E-state index contributed by atoms with van der Waals surface area (Å²) in [6.07, 6.45) is 1.18. The largest absolute Gasteiger partial charge is 0.355 e. The third-order valence-corrected chi connectivity index (χ3v) is 2.21. The van der Waals surface area contributed by atoms with Gasteiger partial charge in [0.2, 0.25) is 5.91 Å². The first-order valence-corrected chi connectivity index (χ1v) is 4.80. The third-order valence-electron chi connectivity index (χ3n) is 2.21. The van der Waals surface area contributed by atoms with E-state index in [1.54, 1.807) is 0 Å². The number of carbonyl (C=O) groups is 1. The fourth-order valence-electron chi connectivity index (χ4n) is 1.49. The van der Waals surface area contributed by atoms with E-state index in [0.29, 0.717) is 12.5 Å². The van der Waals surface area contributed by atoms with Crippen molar-refractivity contribution in [3.63, 3.8) is 0 Å². The maximum absolute atomic E-state index is 11.2. The predicted octanol–water partition coefficient (Wildman–Crippen LogP) is -0.726. The Labute approximate surface area is 79.7 Å². The molecule has 0 aromatic carbocycles. The van der Waals surface area contributed by atoms with E-state index in [2.05, 4.69) is 10.6 Å². The second-order valence-corrected chi connectivity index (χ2v) is 3.90. The summed E-state index contributed by atoms with van der Waals surface area (Å²) >= 11 is 0. The lowest BCUT2D eigenvalue weighted by Gasteiger charge is -2.12. The number of rotatable bonds is 4. The van der Waals surface area contributed by atoms with Gasteiger partial charge in [-0.3, -0.25) is 4.79 Å². The molecule has 1 aliphatic heterocycles. The zero-order valence-corrected chi connectivity index (χ0v) is 8.47. The van der Waals surface area contributed by atoms with Gasteiger partial charge in [0.25, 0.3) is 0 Å². The van der Waals surface area contributed by atoms with Crippen LogP contribution in [0.3, 0.4) is 0 Å². The molecule has 4 nitrogen and oxygen atoms in total. The van der Waals surface area contributed by atoms with Crippen molar-refractivity contribution in [1.82, 2.24) is 15.5 Å². The molecule has 0 aromatic rings. The molecule has 1 unspecified atom stereocenters. The molecule has 2 N–H and O–H groups in total. The number of carbonyl (C=O) groups excluding carboxylic acids is 1. The highest BCUT2D eigenvalue weighted by atomic mass is 16.1. The first-order valence-electron chi connectivity index (χ1n) is 4.80. The van der Waals surface area contributed by atoms with E-state index < -0.39 is 0 Å². The monoisotopic (exact) mass is 185 g/mol. The van der Waals surface area contributed by atoms with Crippen LogP contribution in [0.2, 0.25) is 0 Å². The van der Waals surface area contributed by atoms with E-state index in [9.17, 15) is 4.79 Å². The Morgan fingerprint density at radius 2 is 2.38 bits per heavy atom. The summed E-state index contributed by atoms with van der Waals surface area (Å²) in [6, 6.07) is 0. The van der Waals surface area contributed by atoms with Gasteiger partial charge in [-0.15, -0.1) is 0 Å². The van der Waals surface area contributed by atoms with E-state index in [-0.39, 0.29) is 5.91 Å². The molecule has 1 saturated heterocycles. The van der Waals surface area contributed by atoms with Gasteiger partial charge in [0.15, 0.2) is 0 Å². The van der Waals surface area contributed by atoms with Crippen LogP contribution in [0.4, 0.5) is 0 Å². The average Bonchev–Trinajstić information content (AvgIpc) is 2.51. The van der Waals surface area contributed by atoms with Crippen molar-refractivity contribution in [2.75, 3.05) is 40.3 Å². The standard InChI is InChI=1S/C9H19N3O/c1-12(2)7-9(13)11-6-8-3-4-10-5-8/h8,10H,3-7H2,1-2H3,(H,11,13). The summed E-state index contributed by atoms with van der Waals surface area (Å²) in [4.78, 5) is 13.1. The number of hydrogen-bond donors (Lipinski definition) is 2. The Morgan fingerprint density at radius 1 is 1.62 bits per heavy atom. The smallest absolute Gasteiger partial charge is 0.234 e. The molecule has 1 atom stereocenters. The van der Waals surface area contributed by atoms with E-state index >= 15 is 0 Å². The van der Waals surface area contributed by atoms with Gasteiger partial charge in [-0.1, -0.05) is 0 Å². The molecule has 1 rings (SSSR count). The van der Waals surface area contributed by atoms with Crippen LogP contribution in [0.5, 0.6) is 0 Å². The molecule has 0 aliphatic carbocycles. The van der Waals surface area contributed by atoms with Crippen LogP contribution >= 0.6 is 0 Å². The van der Waals surface area contributed by atoms with Gasteiger partial charge in [-0.2, -0.15) is 0 Å². The SMILES string of the molecule is CN(C)CC(=O)NCC1CCNC1. The molecular formula is C9H19N3O. The van der Waals surface area contributed by atoms with E-state index in [0.717, 1.165) is 19.6 Å².